The molecule has 0 saturated heterocycles. The minimum atomic E-state index is -4.31. The number of rotatable bonds is 6. The van der Waals surface area contributed by atoms with Crippen LogP contribution in [0.3, 0.4) is 0 Å². The van der Waals surface area contributed by atoms with Crippen LogP contribution in [0.5, 0.6) is 0 Å². The van der Waals surface area contributed by atoms with E-state index in [0.29, 0.717) is 10.6 Å². The molecule has 0 saturated carbocycles. The fraction of sp³-hybridized carbons (Fsp3) is 0.429. The molecule has 0 N–H and O–H groups in total. The second-order valence-electron chi connectivity index (χ2n) is 5.09. The predicted octanol–water partition coefficient (Wildman–Crippen LogP) is 3.15. The van der Waals surface area contributed by atoms with Crippen molar-refractivity contribution in [1.82, 2.24) is 19.9 Å². The van der Waals surface area contributed by atoms with Gasteiger partial charge >= 0.3 is 6.18 Å². The third-order valence-electron chi connectivity index (χ3n) is 2.91. The lowest BCUT2D eigenvalue weighted by Gasteiger charge is -2.08. The van der Waals surface area contributed by atoms with Gasteiger partial charge in [-0.2, -0.15) is 13.2 Å². The summed E-state index contributed by atoms with van der Waals surface area (Å²) in [6, 6.07) is 5.30. The van der Waals surface area contributed by atoms with Crippen LogP contribution in [0.15, 0.2) is 35.4 Å². The second kappa shape index (κ2) is 7.15. The molecule has 0 atom stereocenters. The molecule has 1 aromatic carbocycles. The summed E-state index contributed by atoms with van der Waals surface area (Å²) in [5.41, 5.74) is 0.119. The van der Waals surface area contributed by atoms with E-state index in [1.807, 2.05) is 25.2 Å². The molecular weight excluding hydrogens is 313 g/mol. The number of likely N-dealkylation sites (N-methyl/N-ethyl adjacent to an activating group) is 1. The van der Waals surface area contributed by atoms with Gasteiger partial charge < -0.3 is 4.90 Å². The summed E-state index contributed by atoms with van der Waals surface area (Å²) in [6.45, 7) is 1.58. The maximum Gasteiger partial charge on any atom is 0.416 e. The highest BCUT2D eigenvalue weighted by atomic mass is 32.2. The second-order valence-corrected chi connectivity index (χ2v) is 6.14. The zero-order valence-electron chi connectivity index (χ0n) is 12.3. The Hall–Kier alpha value is -1.54. The van der Waals surface area contributed by atoms with Gasteiger partial charge in [-0.15, -0.1) is 16.9 Å². The van der Waals surface area contributed by atoms with Gasteiger partial charge in [-0.1, -0.05) is 11.3 Å². The van der Waals surface area contributed by atoms with Crippen LogP contribution in [-0.4, -0.2) is 40.5 Å². The Labute approximate surface area is 131 Å². The van der Waals surface area contributed by atoms with E-state index in [0.717, 1.165) is 30.9 Å². The molecule has 0 amide bonds. The van der Waals surface area contributed by atoms with Gasteiger partial charge in [0, 0.05) is 23.4 Å². The van der Waals surface area contributed by atoms with Gasteiger partial charge in [0.15, 0.2) is 0 Å². The Morgan fingerprint density at radius 3 is 2.73 bits per heavy atom. The average molecular weight is 330 g/mol. The quantitative estimate of drug-likeness (QED) is 0.762. The number of alkyl halides is 3. The summed E-state index contributed by atoms with van der Waals surface area (Å²) < 4.78 is 39.7. The SMILES string of the molecule is CN(C)CCn1cc(CSc2cccc(C(F)(F)F)c2)nn1. The van der Waals surface area contributed by atoms with Crippen molar-refractivity contribution in [3.63, 3.8) is 0 Å². The van der Waals surface area contributed by atoms with Crippen LogP contribution >= 0.6 is 11.8 Å². The molecule has 2 rings (SSSR count). The largest absolute Gasteiger partial charge is 0.416 e. The lowest BCUT2D eigenvalue weighted by Crippen LogP contribution is -2.18. The Balaban J connectivity index is 1.93. The van der Waals surface area contributed by atoms with Crippen molar-refractivity contribution in [2.75, 3.05) is 20.6 Å². The molecule has 0 radical (unpaired) electrons. The highest BCUT2D eigenvalue weighted by Gasteiger charge is 2.30. The maximum absolute atomic E-state index is 12.6. The molecule has 22 heavy (non-hydrogen) atoms. The Bertz CT molecular complexity index is 610. The van der Waals surface area contributed by atoms with Crippen molar-refractivity contribution in [2.24, 2.45) is 0 Å². The fourth-order valence-corrected chi connectivity index (χ4v) is 2.57. The smallest absolute Gasteiger partial charge is 0.308 e. The van der Waals surface area contributed by atoms with Crippen LogP contribution in [0.2, 0.25) is 0 Å². The first-order valence-corrected chi connectivity index (χ1v) is 7.67. The fourth-order valence-electron chi connectivity index (χ4n) is 1.74. The molecule has 0 spiro atoms. The van der Waals surface area contributed by atoms with Crippen LogP contribution in [0, 0.1) is 0 Å². The van der Waals surface area contributed by atoms with E-state index < -0.39 is 11.7 Å². The van der Waals surface area contributed by atoms with Gasteiger partial charge in [0.1, 0.15) is 0 Å². The van der Waals surface area contributed by atoms with Gasteiger partial charge in [-0.05, 0) is 32.3 Å². The van der Waals surface area contributed by atoms with Crippen LogP contribution < -0.4 is 0 Å². The summed E-state index contributed by atoms with van der Waals surface area (Å²) in [5, 5.41) is 8.04. The molecule has 4 nitrogen and oxygen atoms in total. The lowest BCUT2D eigenvalue weighted by molar-refractivity contribution is -0.137. The highest BCUT2D eigenvalue weighted by Crippen LogP contribution is 2.32. The Morgan fingerprint density at radius 1 is 1.27 bits per heavy atom. The Morgan fingerprint density at radius 2 is 2.05 bits per heavy atom. The first kappa shape index (κ1) is 16.8. The molecule has 8 heteroatoms. The zero-order chi connectivity index (χ0) is 16.2. The van der Waals surface area contributed by atoms with E-state index in [1.165, 1.54) is 17.8 Å². The first-order valence-electron chi connectivity index (χ1n) is 6.68. The normalized spacial score (nSPS) is 12.1. The van der Waals surface area contributed by atoms with Crippen molar-refractivity contribution in [3.8, 4) is 0 Å². The molecule has 0 bridgehead atoms. The number of aromatic nitrogens is 3. The molecule has 1 heterocycles. The standard InChI is InChI=1S/C14H17F3N4S/c1-20(2)6-7-21-9-12(18-19-21)10-22-13-5-3-4-11(8-13)14(15,16)17/h3-5,8-9H,6-7,10H2,1-2H3. The Kier molecular flexibility index (Phi) is 5.47. The predicted molar refractivity (Wildman–Crippen MR) is 79.6 cm³/mol. The van der Waals surface area contributed by atoms with Crippen LogP contribution in [0.1, 0.15) is 11.3 Å². The van der Waals surface area contributed by atoms with Gasteiger partial charge in [-0.25, -0.2) is 0 Å². The summed E-state index contributed by atoms with van der Waals surface area (Å²) in [7, 11) is 3.95. The van der Waals surface area contributed by atoms with E-state index >= 15 is 0 Å². The maximum atomic E-state index is 12.6. The van der Waals surface area contributed by atoms with E-state index in [9.17, 15) is 13.2 Å². The van der Waals surface area contributed by atoms with Crippen molar-refractivity contribution in [1.29, 1.82) is 0 Å². The van der Waals surface area contributed by atoms with E-state index in [4.69, 9.17) is 0 Å². The van der Waals surface area contributed by atoms with Gasteiger partial charge in [0.05, 0.1) is 17.8 Å². The lowest BCUT2D eigenvalue weighted by atomic mass is 10.2. The van der Waals surface area contributed by atoms with Gasteiger partial charge in [0.2, 0.25) is 0 Å². The average Bonchev–Trinajstić information content (AvgIpc) is 2.90. The molecule has 0 fully saturated rings. The van der Waals surface area contributed by atoms with E-state index in [2.05, 4.69) is 10.3 Å². The van der Waals surface area contributed by atoms with Crippen molar-refractivity contribution < 1.29 is 13.2 Å². The van der Waals surface area contributed by atoms with Crippen LogP contribution in [-0.2, 0) is 18.5 Å². The van der Waals surface area contributed by atoms with Crippen molar-refractivity contribution in [3.05, 3.63) is 41.7 Å². The van der Waals surface area contributed by atoms with Crippen molar-refractivity contribution >= 4 is 11.8 Å². The summed E-state index contributed by atoms with van der Waals surface area (Å²) in [6.07, 6.45) is -2.49. The zero-order valence-corrected chi connectivity index (χ0v) is 13.2. The topological polar surface area (TPSA) is 34.0 Å². The molecular formula is C14H17F3N4S. The number of benzene rings is 1. The monoisotopic (exact) mass is 330 g/mol. The number of hydrogen-bond acceptors (Lipinski definition) is 4. The van der Waals surface area contributed by atoms with Crippen LogP contribution in [0.25, 0.3) is 0 Å². The molecule has 2 aromatic rings. The molecule has 0 aliphatic carbocycles. The minimum Gasteiger partial charge on any atom is -0.308 e. The summed E-state index contributed by atoms with van der Waals surface area (Å²) in [4.78, 5) is 2.61. The molecule has 1 aromatic heterocycles. The van der Waals surface area contributed by atoms with Crippen molar-refractivity contribution in [2.45, 2.75) is 23.4 Å². The number of thioether (sulfide) groups is 1. The third-order valence-corrected chi connectivity index (χ3v) is 3.94. The molecule has 0 unspecified atom stereocenters. The number of halogens is 3. The van der Waals surface area contributed by atoms with Crippen LogP contribution in [0.4, 0.5) is 13.2 Å². The first-order chi connectivity index (χ1) is 10.3. The van der Waals surface area contributed by atoms with E-state index in [-0.39, 0.29) is 0 Å². The van der Waals surface area contributed by atoms with Gasteiger partial charge in [0.25, 0.3) is 0 Å². The number of hydrogen-bond donors (Lipinski definition) is 0. The molecule has 120 valence electrons. The summed E-state index contributed by atoms with van der Waals surface area (Å²) >= 11 is 1.32. The summed E-state index contributed by atoms with van der Waals surface area (Å²) in [5.74, 6) is 0.489. The molecule has 0 aliphatic rings. The van der Waals surface area contributed by atoms with E-state index in [1.54, 1.807) is 10.7 Å². The highest BCUT2D eigenvalue weighted by molar-refractivity contribution is 7.98. The third kappa shape index (κ3) is 5.03. The minimum absolute atomic E-state index is 0.489. The molecule has 0 aliphatic heterocycles. The number of nitrogens with zero attached hydrogens (tertiary/aromatic N) is 4. The van der Waals surface area contributed by atoms with Gasteiger partial charge in [-0.3, -0.25) is 4.68 Å².